The summed E-state index contributed by atoms with van der Waals surface area (Å²) in [6, 6.07) is -1.01. The van der Waals surface area contributed by atoms with E-state index in [-0.39, 0.29) is 0 Å². The van der Waals surface area contributed by atoms with Crippen molar-refractivity contribution >= 4 is 5.91 Å². The van der Waals surface area contributed by atoms with Gasteiger partial charge in [-0.25, -0.2) is 0 Å². The van der Waals surface area contributed by atoms with Crippen molar-refractivity contribution in [2.75, 3.05) is 6.61 Å². The lowest BCUT2D eigenvalue weighted by molar-refractivity contribution is -0.132. The van der Waals surface area contributed by atoms with Crippen LogP contribution in [0.1, 0.15) is 200 Å². The van der Waals surface area contributed by atoms with Gasteiger partial charge in [-0.2, -0.15) is 0 Å². The molecule has 0 aliphatic rings. The van der Waals surface area contributed by atoms with Gasteiger partial charge >= 0.3 is 0 Å². The van der Waals surface area contributed by atoms with Gasteiger partial charge in [-0.15, -0.1) is 0 Å². The Morgan fingerprint density at radius 1 is 0.490 bits per heavy atom. The minimum absolute atomic E-state index is 0.344. The highest BCUT2D eigenvalue weighted by molar-refractivity contribution is 5.80. The first-order valence-electron chi connectivity index (χ1n) is 20.9. The Kier molecular flexibility index (Phi) is 36.6. The van der Waals surface area contributed by atoms with E-state index >= 15 is 0 Å². The van der Waals surface area contributed by atoms with Crippen LogP contribution in [0.15, 0.2) is 36.5 Å². The second-order valence-corrected chi connectivity index (χ2v) is 14.3. The average Bonchev–Trinajstić information content (AvgIpc) is 3.11. The summed E-state index contributed by atoms with van der Waals surface area (Å²) in [6.07, 6.45) is 43.3. The van der Waals surface area contributed by atoms with Gasteiger partial charge < -0.3 is 25.7 Å². The van der Waals surface area contributed by atoms with Gasteiger partial charge in [-0.3, -0.25) is 4.79 Å². The number of aliphatic hydroxyl groups excluding tert-OH is 4. The van der Waals surface area contributed by atoms with Crippen LogP contribution in [-0.4, -0.2) is 57.3 Å². The highest BCUT2D eigenvalue weighted by atomic mass is 16.3. The summed E-state index contributed by atoms with van der Waals surface area (Å²) >= 11 is 0. The number of hydrogen-bond acceptors (Lipinski definition) is 5. The van der Waals surface area contributed by atoms with Crippen molar-refractivity contribution < 1.29 is 25.2 Å². The molecule has 0 fully saturated rings. The molecule has 0 aromatic rings. The van der Waals surface area contributed by atoms with Gasteiger partial charge in [0.2, 0.25) is 5.91 Å². The maximum Gasteiger partial charge on any atom is 0.249 e. The average molecular weight is 692 g/mol. The monoisotopic (exact) mass is 692 g/mol. The molecule has 288 valence electrons. The lowest BCUT2D eigenvalue weighted by atomic mass is 10.00. The van der Waals surface area contributed by atoms with Crippen LogP contribution >= 0.6 is 0 Å². The first-order valence-corrected chi connectivity index (χ1v) is 20.9. The number of amides is 1. The molecule has 0 heterocycles. The summed E-state index contributed by atoms with van der Waals surface area (Å²) in [5.41, 5.74) is 0. The maximum atomic E-state index is 12.4. The van der Waals surface area contributed by atoms with Crippen LogP contribution in [0.5, 0.6) is 0 Å². The standard InChI is InChI=1S/C43H81NO5/c1-3-5-7-9-11-13-15-16-17-18-19-20-21-22-23-24-25-26-27-29-30-32-34-36-40(46)42(48)39(38-45)44-43(49)41(47)37-35-33-31-28-14-12-10-8-6-4-2/h10,12,24-25,29-30,39-42,45-48H,3-9,11,13-23,26-28,31-38H2,1-2H3,(H,44,49)/b12-10-,25-24+,30-29+. The molecule has 0 aromatic heterocycles. The van der Waals surface area contributed by atoms with Crippen LogP contribution in [0.4, 0.5) is 0 Å². The van der Waals surface area contributed by atoms with Crippen molar-refractivity contribution in [3.63, 3.8) is 0 Å². The molecule has 0 spiro atoms. The molecule has 5 N–H and O–H groups in total. The highest BCUT2D eigenvalue weighted by Gasteiger charge is 2.28. The molecule has 0 radical (unpaired) electrons. The molecule has 0 saturated heterocycles. The maximum absolute atomic E-state index is 12.4. The summed E-state index contributed by atoms with van der Waals surface area (Å²) in [5, 5.41) is 43.4. The molecule has 0 aliphatic heterocycles. The summed E-state index contributed by atoms with van der Waals surface area (Å²) in [4.78, 5) is 12.4. The molecule has 0 aliphatic carbocycles. The van der Waals surface area contributed by atoms with Crippen molar-refractivity contribution in [3.05, 3.63) is 36.5 Å². The van der Waals surface area contributed by atoms with E-state index in [0.717, 1.165) is 57.8 Å². The van der Waals surface area contributed by atoms with Crippen LogP contribution in [0, 0.1) is 0 Å². The van der Waals surface area contributed by atoms with Gasteiger partial charge in [0.25, 0.3) is 0 Å². The summed E-state index contributed by atoms with van der Waals surface area (Å²) in [7, 11) is 0. The fourth-order valence-electron chi connectivity index (χ4n) is 6.16. The molecule has 49 heavy (non-hydrogen) atoms. The van der Waals surface area contributed by atoms with Crippen LogP contribution < -0.4 is 5.32 Å². The fourth-order valence-corrected chi connectivity index (χ4v) is 6.16. The van der Waals surface area contributed by atoms with E-state index in [9.17, 15) is 25.2 Å². The Hall–Kier alpha value is -1.47. The number of carbonyl (C=O) groups is 1. The van der Waals surface area contributed by atoms with E-state index in [4.69, 9.17) is 0 Å². The zero-order valence-electron chi connectivity index (χ0n) is 32.2. The van der Waals surface area contributed by atoms with Crippen LogP contribution in [0.25, 0.3) is 0 Å². The SMILES string of the molecule is CCCC/C=C\CCCCCCC(O)C(=O)NC(CO)C(O)C(O)CCC/C=C/CC/C=C/CCCCCCCCCCCCCCCC. The summed E-state index contributed by atoms with van der Waals surface area (Å²) < 4.78 is 0. The predicted molar refractivity (Wildman–Crippen MR) is 210 cm³/mol. The molecular formula is C43H81NO5. The van der Waals surface area contributed by atoms with E-state index in [1.54, 1.807) is 0 Å². The third-order valence-corrected chi connectivity index (χ3v) is 9.55. The van der Waals surface area contributed by atoms with Crippen LogP contribution in [0.3, 0.4) is 0 Å². The van der Waals surface area contributed by atoms with Gasteiger partial charge in [-0.1, -0.05) is 166 Å². The first kappa shape index (κ1) is 47.5. The largest absolute Gasteiger partial charge is 0.394 e. The molecular weight excluding hydrogens is 610 g/mol. The van der Waals surface area contributed by atoms with Crippen LogP contribution in [-0.2, 0) is 4.79 Å². The zero-order chi connectivity index (χ0) is 36.0. The molecule has 4 atom stereocenters. The Morgan fingerprint density at radius 3 is 1.35 bits per heavy atom. The smallest absolute Gasteiger partial charge is 0.249 e. The van der Waals surface area contributed by atoms with Crippen molar-refractivity contribution in [1.82, 2.24) is 5.32 Å². The van der Waals surface area contributed by atoms with E-state index < -0.39 is 36.9 Å². The predicted octanol–water partition coefficient (Wildman–Crippen LogP) is 10.6. The molecule has 0 saturated carbocycles. The molecule has 1 amide bonds. The van der Waals surface area contributed by atoms with Gasteiger partial charge in [0.1, 0.15) is 12.2 Å². The zero-order valence-corrected chi connectivity index (χ0v) is 32.2. The Labute approximate surface area is 303 Å². The van der Waals surface area contributed by atoms with Crippen molar-refractivity contribution in [2.45, 2.75) is 224 Å². The van der Waals surface area contributed by atoms with Crippen LogP contribution in [0.2, 0.25) is 0 Å². The molecule has 6 nitrogen and oxygen atoms in total. The summed E-state index contributed by atoms with van der Waals surface area (Å²) in [5.74, 6) is -0.610. The second-order valence-electron chi connectivity index (χ2n) is 14.3. The minimum atomic E-state index is -1.29. The molecule has 0 bridgehead atoms. The summed E-state index contributed by atoms with van der Waals surface area (Å²) in [6.45, 7) is 3.97. The van der Waals surface area contributed by atoms with Crippen molar-refractivity contribution in [2.24, 2.45) is 0 Å². The molecule has 0 aromatic carbocycles. The lowest BCUT2D eigenvalue weighted by Crippen LogP contribution is -2.53. The van der Waals surface area contributed by atoms with Gasteiger partial charge in [-0.05, 0) is 70.6 Å². The first-order chi connectivity index (χ1) is 24.0. The quantitative estimate of drug-likeness (QED) is 0.0329. The number of aliphatic hydroxyl groups is 4. The number of rotatable bonds is 37. The number of unbranched alkanes of at least 4 members (excludes halogenated alkanes) is 22. The molecule has 0 rings (SSSR count). The molecule has 6 heteroatoms. The Morgan fingerprint density at radius 2 is 0.878 bits per heavy atom. The van der Waals surface area contributed by atoms with Gasteiger partial charge in [0.15, 0.2) is 0 Å². The van der Waals surface area contributed by atoms with Gasteiger partial charge in [0, 0.05) is 0 Å². The number of allylic oxidation sites excluding steroid dienone is 6. The van der Waals surface area contributed by atoms with Crippen molar-refractivity contribution in [3.8, 4) is 0 Å². The van der Waals surface area contributed by atoms with E-state index in [0.29, 0.717) is 19.3 Å². The highest BCUT2D eigenvalue weighted by Crippen LogP contribution is 2.15. The third kappa shape index (κ3) is 32.2. The minimum Gasteiger partial charge on any atom is -0.394 e. The number of hydrogen-bond donors (Lipinski definition) is 5. The topological polar surface area (TPSA) is 110 Å². The Balaban J connectivity index is 3.79. The van der Waals surface area contributed by atoms with E-state index in [2.05, 4.69) is 55.6 Å². The Bertz CT molecular complexity index is 782. The van der Waals surface area contributed by atoms with Crippen molar-refractivity contribution in [1.29, 1.82) is 0 Å². The van der Waals surface area contributed by atoms with E-state index in [1.165, 1.54) is 109 Å². The third-order valence-electron chi connectivity index (χ3n) is 9.55. The van der Waals surface area contributed by atoms with E-state index in [1.807, 2.05) is 0 Å². The van der Waals surface area contributed by atoms with Gasteiger partial charge in [0.05, 0.1) is 18.8 Å². The fraction of sp³-hybridized carbons (Fsp3) is 0.837. The number of carbonyl (C=O) groups excluding carboxylic acids is 1. The normalized spacial score (nSPS) is 14.7. The lowest BCUT2D eigenvalue weighted by Gasteiger charge is -2.27. The number of nitrogens with one attached hydrogen (secondary N) is 1. The molecule has 4 unspecified atom stereocenters. The second kappa shape index (κ2) is 37.8.